The summed E-state index contributed by atoms with van der Waals surface area (Å²) in [4.78, 5) is 24.4. The Morgan fingerprint density at radius 1 is 1.13 bits per heavy atom. The minimum atomic E-state index is -0.00504. The average Bonchev–Trinajstić information content (AvgIpc) is 3.39. The van der Waals surface area contributed by atoms with Crippen molar-refractivity contribution in [1.29, 1.82) is 0 Å². The Morgan fingerprint density at radius 2 is 1.83 bits per heavy atom. The van der Waals surface area contributed by atoms with Crippen molar-refractivity contribution in [2.75, 3.05) is 45.8 Å². The summed E-state index contributed by atoms with van der Waals surface area (Å²) in [5.74, 6) is -0.00504. The summed E-state index contributed by atoms with van der Waals surface area (Å²) in [5, 5.41) is 4.22. The number of aromatic nitrogens is 2. The Bertz CT molecular complexity index is 1000. The van der Waals surface area contributed by atoms with E-state index in [1.54, 1.807) is 0 Å². The molecule has 0 spiro atoms. The first kappa shape index (κ1) is 21.0. The van der Waals surface area contributed by atoms with Crippen LogP contribution < -0.4 is 5.32 Å². The summed E-state index contributed by atoms with van der Waals surface area (Å²) in [6.07, 6.45) is 4.96. The highest BCUT2D eigenvalue weighted by atomic mass is 32.1. The van der Waals surface area contributed by atoms with Gasteiger partial charge in [-0.25, -0.2) is 4.98 Å². The lowest BCUT2D eigenvalue weighted by molar-refractivity contribution is 0.0952. The van der Waals surface area contributed by atoms with Gasteiger partial charge < -0.3 is 19.7 Å². The van der Waals surface area contributed by atoms with Gasteiger partial charge in [0.15, 0.2) is 0 Å². The van der Waals surface area contributed by atoms with Crippen molar-refractivity contribution in [1.82, 2.24) is 24.7 Å². The number of carbonyl (C=O) groups excluding carboxylic acids is 1. The van der Waals surface area contributed by atoms with Crippen molar-refractivity contribution in [3.8, 4) is 5.69 Å². The number of rotatable bonds is 7. The summed E-state index contributed by atoms with van der Waals surface area (Å²) in [7, 11) is 0. The fourth-order valence-electron chi connectivity index (χ4n) is 4.22. The zero-order valence-corrected chi connectivity index (χ0v) is 19.0. The second-order valence-electron chi connectivity index (χ2n) is 8.02. The fourth-order valence-corrected chi connectivity index (χ4v) is 5.43. The second-order valence-corrected chi connectivity index (χ2v) is 9.02. The molecule has 0 radical (unpaired) electrons. The van der Waals surface area contributed by atoms with Gasteiger partial charge >= 0.3 is 0 Å². The average molecular weight is 426 g/mol. The molecule has 0 aromatic carbocycles. The third-order valence-electron chi connectivity index (χ3n) is 5.88. The monoisotopic (exact) mass is 425 g/mol. The van der Waals surface area contributed by atoms with Gasteiger partial charge in [-0.3, -0.25) is 4.79 Å². The number of piperazine rings is 1. The fraction of sp³-hybridized carbons (Fsp3) is 0.478. The predicted octanol–water partition coefficient (Wildman–Crippen LogP) is 3.46. The minimum absolute atomic E-state index is 0.00504. The molecule has 0 saturated carbocycles. The number of carbonyl (C=O) groups is 1. The van der Waals surface area contributed by atoms with Crippen LogP contribution in [0.5, 0.6) is 0 Å². The van der Waals surface area contributed by atoms with Gasteiger partial charge in [0, 0.05) is 56.2 Å². The minimum Gasteiger partial charge on any atom is -0.351 e. The highest BCUT2D eigenvalue weighted by molar-refractivity contribution is 7.21. The molecular formula is C23H31N5OS. The SMILES string of the molecule is CCN1CCN(CCCNC(=O)c2sc3nc(C)cc(C)c3c2-n2cccc2)CC1. The molecule has 1 fully saturated rings. The molecule has 3 aromatic heterocycles. The van der Waals surface area contributed by atoms with E-state index < -0.39 is 0 Å². The van der Waals surface area contributed by atoms with Gasteiger partial charge in [0.1, 0.15) is 9.71 Å². The van der Waals surface area contributed by atoms with Crippen LogP contribution >= 0.6 is 11.3 Å². The predicted molar refractivity (Wildman–Crippen MR) is 124 cm³/mol. The summed E-state index contributed by atoms with van der Waals surface area (Å²) < 4.78 is 2.03. The van der Waals surface area contributed by atoms with Gasteiger partial charge in [-0.15, -0.1) is 11.3 Å². The summed E-state index contributed by atoms with van der Waals surface area (Å²) >= 11 is 1.49. The van der Waals surface area contributed by atoms with E-state index in [1.807, 2.05) is 36.0 Å². The molecule has 160 valence electrons. The van der Waals surface area contributed by atoms with E-state index in [-0.39, 0.29) is 5.91 Å². The van der Waals surface area contributed by atoms with Gasteiger partial charge in [0.25, 0.3) is 5.91 Å². The Morgan fingerprint density at radius 3 is 2.53 bits per heavy atom. The smallest absolute Gasteiger partial charge is 0.263 e. The van der Waals surface area contributed by atoms with Gasteiger partial charge in [0.2, 0.25) is 0 Å². The number of aryl methyl sites for hydroxylation is 2. The van der Waals surface area contributed by atoms with Crippen molar-refractivity contribution in [2.24, 2.45) is 0 Å². The Labute approximate surface area is 182 Å². The van der Waals surface area contributed by atoms with Crippen LogP contribution in [0.25, 0.3) is 15.9 Å². The number of nitrogens with one attached hydrogen (secondary N) is 1. The third kappa shape index (κ3) is 4.43. The highest BCUT2D eigenvalue weighted by Crippen LogP contribution is 2.35. The number of hydrogen-bond acceptors (Lipinski definition) is 5. The van der Waals surface area contributed by atoms with E-state index >= 15 is 0 Å². The lowest BCUT2D eigenvalue weighted by atomic mass is 10.1. The topological polar surface area (TPSA) is 53.4 Å². The maximum absolute atomic E-state index is 13.1. The van der Waals surface area contributed by atoms with Gasteiger partial charge in [-0.1, -0.05) is 6.92 Å². The van der Waals surface area contributed by atoms with Crippen LogP contribution in [0, 0.1) is 13.8 Å². The Hall–Kier alpha value is -2.22. The van der Waals surface area contributed by atoms with Crippen molar-refractivity contribution >= 4 is 27.5 Å². The molecule has 1 aliphatic heterocycles. The molecule has 7 heteroatoms. The molecule has 1 aliphatic rings. The zero-order valence-electron chi connectivity index (χ0n) is 18.1. The van der Waals surface area contributed by atoms with Crippen molar-refractivity contribution < 1.29 is 4.79 Å². The standard InChI is InChI=1S/C23H31N5OS/c1-4-26-12-14-27(15-13-26)9-7-8-24-22(29)21-20(28-10-5-6-11-28)19-17(2)16-18(3)25-23(19)30-21/h5-6,10-11,16H,4,7-9,12-15H2,1-3H3,(H,24,29). The number of pyridine rings is 1. The summed E-state index contributed by atoms with van der Waals surface area (Å²) in [6.45, 7) is 13.7. The first-order valence-electron chi connectivity index (χ1n) is 10.8. The van der Waals surface area contributed by atoms with Crippen molar-refractivity contribution in [3.05, 3.63) is 46.7 Å². The second kappa shape index (κ2) is 9.29. The van der Waals surface area contributed by atoms with E-state index in [9.17, 15) is 4.79 Å². The van der Waals surface area contributed by atoms with E-state index in [2.05, 4.69) is 35.0 Å². The number of hydrogen-bond donors (Lipinski definition) is 1. The number of nitrogens with zero attached hydrogens (tertiary/aromatic N) is 4. The molecule has 3 aromatic rings. The first-order chi connectivity index (χ1) is 14.6. The zero-order chi connectivity index (χ0) is 21.1. The van der Waals surface area contributed by atoms with Crippen molar-refractivity contribution in [2.45, 2.75) is 27.2 Å². The molecule has 4 rings (SSSR count). The molecule has 0 aliphatic carbocycles. The van der Waals surface area contributed by atoms with E-state index in [1.165, 1.54) is 11.3 Å². The van der Waals surface area contributed by atoms with E-state index in [0.29, 0.717) is 6.54 Å². The van der Waals surface area contributed by atoms with Crippen LogP contribution in [0.4, 0.5) is 0 Å². The maximum Gasteiger partial charge on any atom is 0.263 e. The number of amides is 1. The first-order valence-corrected chi connectivity index (χ1v) is 11.7. The Balaban J connectivity index is 1.44. The Kier molecular flexibility index (Phi) is 6.51. The molecule has 1 N–H and O–H groups in total. The lowest BCUT2D eigenvalue weighted by Gasteiger charge is -2.33. The molecule has 0 unspecified atom stereocenters. The van der Waals surface area contributed by atoms with E-state index in [0.717, 1.165) is 77.7 Å². The normalized spacial score (nSPS) is 15.7. The summed E-state index contributed by atoms with van der Waals surface area (Å²) in [6, 6.07) is 6.06. The maximum atomic E-state index is 13.1. The van der Waals surface area contributed by atoms with Crippen LogP contribution in [0.2, 0.25) is 0 Å². The molecule has 0 atom stereocenters. The van der Waals surface area contributed by atoms with Crippen LogP contribution in [0.15, 0.2) is 30.6 Å². The summed E-state index contributed by atoms with van der Waals surface area (Å²) in [5.41, 5.74) is 3.08. The number of fused-ring (bicyclic) bond motifs is 1. The highest BCUT2D eigenvalue weighted by Gasteiger charge is 2.22. The van der Waals surface area contributed by atoms with Crippen LogP contribution in [0.1, 0.15) is 34.3 Å². The van der Waals surface area contributed by atoms with Crippen LogP contribution in [-0.2, 0) is 0 Å². The quantitative estimate of drug-likeness (QED) is 0.589. The van der Waals surface area contributed by atoms with Crippen LogP contribution in [-0.4, -0.2) is 71.1 Å². The third-order valence-corrected chi connectivity index (χ3v) is 6.95. The van der Waals surface area contributed by atoms with Crippen LogP contribution in [0.3, 0.4) is 0 Å². The lowest BCUT2D eigenvalue weighted by Crippen LogP contribution is -2.46. The molecular weight excluding hydrogens is 394 g/mol. The van der Waals surface area contributed by atoms with E-state index in [4.69, 9.17) is 4.98 Å². The number of likely N-dealkylation sites (N-methyl/N-ethyl adjacent to an activating group) is 1. The van der Waals surface area contributed by atoms with Gasteiger partial charge in [0.05, 0.1) is 5.69 Å². The molecule has 1 saturated heterocycles. The molecule has 1 amide bonds. The largest absolute Gasteiger partial charge is 0.351 e. The molecule has 0 bridgehead atoms. The number of thiophene rings is 1. The molecule has 4 heterocycles. The van der Waals surface area contributed by atoms with Gasteiger partial charge in [-0.2, -0.15) is 0 Å². The molecule has 30 heavy (non-hydrogen) atoms. The molecule has 6 nitrogen and oxygen atoms in total. The van der Waals surface area contributed by atoms with Gasteiger partial charge in [-0.05, 0) is 57.1 Å². The van der Waals surface area contributed by atoms with Crippen molar-refractivity contribution in [3.63, 3.8) is 0 Å².